The summed E-state index contributed by atoms with van der Waals surface area (Å²) in [6, 6.07) is 0. The van der Waals surface area contributed by atoms with E-state index >= 15 is 0 Å². The molecule has 0 saturated carbocycles. The highest BCUT2D eigenvalue weighted by molar-refractivity contribution is 5.25. The van der Waals surface area contributed by atoms with E-state index in [-0.39, 0.29) is 0 Å². The Balaban J connectivity index is 2.96. The summed E-state index contributed by atoms with van der Waals surface area (Å²) in [7, 11) is 4.93. The van der Waals surface area contributed by atoms with Crippen molar-refractivity contribution in [2.45, 2.75) is 19.3 Å². The Kier molecular flexibility index (Phi) is 3.68. The van der Waals surface area contributed by atoms with E-state index in [0.29, 0.717) is 0 Å². The number of rotatable bonds is 3. The fraction of sp³-hybridized carbons (Fsp3) is 0.600. The minimum Gasteiger partial charge on any atom is -0.497 e. The minimum atomic E-state index is 0.725. The monoisotopic (exact) mass is 184 g/mol. The molecule has 0 aliphatic heterocycles. The summed E-state index contributed by atoms with van der Waals surface area (Å²) in [4.78, 5) is 0. The third kappa shape index (κ3) is 2.17. The summed E-state index contributed by atoms with van der Waals surface area (Å²) >= 11 is 0. The second-order valence-electron chi connectivity index (χ2n) is 2.83. The van der Waals surface area contributed by atoms with Crippen LogP contribution in [0.25, 0.3) is 0 Å². The lowest BCUT2D eigenvalue weighted by Gasteiger charge is -2.12. The lowest BCUT2D eigenvalue weighted by molar-refractivity contribution is 0.182. The zero-order valence-corrected chi connectivity index (χ0v) is 8.42. The summed E-state index contributed by atoms with van der Waals surface area (Å²) in [5.41, 5.74) is 0. The van der Waals surface area contributed by atoms with Gasteiger partial charge in [0.15, 0.2) is 11.5 Å². The fourth-order valence-electron chi connectivity index (χ4n) is 1.42. The van der Waals surface area contributed by atoms with E-state index in [1.165, 1.54) is 0 Å². The van der Waals surface area contributed by atoms with Gasteiger partial charge >= 0.3 is 0 Å². The van der Waals surface area contributed by atoms with Crippen molar-refractivity contribution < 1.29 is 14.2 Å². The minimum absolute atomic E-state index is 0.725. The molecule has 0 unspecified atom stereocenters. The first kappa shape index (κ1) is 9.96. The Labute approximate surface area is 79.0 Å². The van der Waals surface area contributed by atoms with Crippen molar-refractivity contribution in [2.75, 3.05) is 21.3 Å². The van der Waals surface area contributed by atoms with Crippen molar-refractivity contribution in [3.8, 4) is 0 Å². The van der Waals surface area contributed by atoms with Crippen LogP contribution < -0.4 is 0 Å². The molecule has 0 amide bonds. The standard InChI is InChI=1S/C10H16O3/c1-11-8-6-4-5-7-9(12-2)10(8)13-3/h6H,4-5,7H2,1-3H3. The molecule has 0 bridgehead atoms. The maximum absolute atomic E-state index is 5.24. The normalized spacial score (nSPS) is 17.6. The van der Waals surface area contributed by atoms with Gasteiger partial charge in [-0.15, -0.1) is 0 Å². The van der Waals surface area contributed by atoms with Crippen LogP contribution in [0.3, 0.4) is 0 Å². The van der Waals surface area contributed by atoms with Crippen LogP contribution in [0.2, 0.25) is 0 Å². The molecule has 0 radical (unpaired) electrons. The Hall–Kier alpha value is -1.12. The van der Waals surface area contributed by atoms with Gasteiger partial charge in [0, 0.05) is 6.42 Å². The summed E-state index contributed by atoms with van der Waals surface area (Å²) in [6.07, 6.45) is 5.01. The van der Waals surface area contributed by atoms with Gasteiger partial charge < -0.3 is 14.2 Å². The molecule has 0 saturated heterocycles. The maximum atomic E-state index is 5.24. The Morgan fingerprint density at radius 1 is 1.08 bits per heavy atom. The van der Waals surface area contributed by atoms with Gasteiger partial charge in [0.25, 0.3) is 0 Å². The SMILES string of the molecule is COC1=CCCCC(OC)=C1OC. The zero-order chi connectivity index (χ0) is 9.68. The molecule has 0 aromatic rings. The molecule has 1 aliphatic carbocycles. The average molecular weight is 184 g/mol. The van der Waals surface area contributed by atoms with Crippen molar-refractivity contribution in [3.05, 3.63) is 23.4 Å². The molecular weight excluding hydrogens is 168 g/mol. The third-order valence-electron chi connectivity index (χ3n) is 2.09. The highest BCUT2D eigenvalue weighted by Crippen LogP contribution is 2.25. The van der Waals surface area contributed by atoms with Crippen molar-refractivity contribution in [3.63, 3.8) is 0 Å². The second-order valence-corrected chi connectivity index (χ2v) is 2.83. The number of hydrogen-bond acceptors (Lipinski definition) is 3. The number of hydrogen-bond donors (Lipinski definition) is 0. The summed E-state index contributed by atoms with van der Waals surface area (Å²) in [6.45, 7) is 0. The zero-order valence-electron chi connectivity index (χ0n) is 8.42. The van der Waals surface area contributed by atoms with Crippen molar-refractivity contribution in [2.24, 2.45) is 0 Å². The number of methoxy groups -OCH3 is 3. The Bertz CT molecular complexity index is 228. The van der Waals surface area contributed by atoms with Gasteiger partial charge in [-0.25, -0.2) is 0 Å². The van der Waals surface area contributed by atoms with Gasteiger partial charge in [-0.2, -0.15) is 0 Å². The quantitative estimate of drug-likeness (QED) is 0.673. The van der Waals surface area contributed by atoms with Gasteiger partial charge in [0.05, 0.1) is 21.3 Å². The van der Waals surface area contributed by atoms with E-state index in [2.05, 4.69) is 0 Å². The highest BCUT2D eigenvalue weighted by Gasteiger charge is 2.16. The molecule has 1 rings (SSSR count). The highest BCUT2D eigenvalue weighted by atomic mass is 16.5. The molecule has 74 valence electrons. The van der Waals surface area contributed by atoms with Gasteiger partial charge in [0.2, 0.25) is 0 Å². The molecule has 3 heteroatoms. The largest absolute Gasteiger partial charge is 0.497 e. The van der Waals surface area contributed by atoms with Crippen molar-refractivity contribution in [1.29, 1.82) is 0 Å². The summed E-state index contributed by atoms with van der Waals surface area (Å²) in [5, 5.41) is 0. The first-order chi connectivity index (χ1) is 6.33. The van der Waals surface area contributed by atoms with Crippen LogP contribution in [0.4, 0.5) is 0 Å². The van der Waals surface area contributed by atoms with E-state index < -0.39 is 0 Å². The number of ether oxygens (including phenoxy) is 3. The van der Waals surface area contributed by atoms with Crippen LogP contribution in [0.5, 0.6) is 0 Å². The summed E-state index contributed by atoms with van der Waals surface area (Å²) < 4.78 is 15.7. The Morgan fingerprint density at radius 3 is 2.38 bits per heavy atom. The third-order valence-corrected chi connectivity index (χ3v) is 2.09. The molecule has 1 aliphatic rings. The van der Waals surface area contributed by atoms with E-state index in [0.717, 1.165) is 36.5 Å². The fourth-order valence-corrected chi connectivity index (χ4v) is 1.42. The topological polar surface area (TPSA) is 27.7 Å². The van der Waals surface area contributed by atoms with E-state index in [4.69, 9.17) is 14.2 Å². The van der Waals surface area contributed by atoms with Gasteiger partial charge in [-0.05, 0) is 18.9 Å². The maximum Gasteiger partial charge on any atom is 0.198 e. The Morgan fingerprint density at radius 2 is 1.85 bits per heavy atom. The predicted molar refractivity (Wildman–Crippen MR) is 50.0 cm³/mol. The van der Waals surface area contributed by atoms with Gasteiger partial charge in [0.1, 0.15) is 5.76 Å². The number of allylic oxidation sites excluding steroid dienone is 2. The first-order valence-corrected chi connectivity index (χ1v) is 4.39. The van der Waals surface area contributed by atoms with E-state index in [9.17, 15) is 0 Å². The van der Waals surface area contributed by atoms with E-state index in [1.807, 2.05) is 6.08 Å². The van der Waals surface area contributed by atoms with Crippen LogP contribution in [0, 0.1) is 0 Å². The molecule has 0 fully saturated rings. The molecule has 0 aromatic heterocycles. The molecule has 0 atom stereocenters. The molecule has 0 N–H and O–H groups in total. The smallest absolute Gasteiger partial charge is 0.198 e. The molecule has 0 aromatic carbocycles. The lowest BCUT2D eigenvalue weighted by Crippen LogP contribution is -2.00. The van der Waals surface area contributed by atoms with Crippen molar-refractivity contribution >= 4 is 0 Å². The van der Waals surface area contributed by atoms with Crippen molar-refractivity contribution in [1.82, 2.24) is 0 Å². The molecular formula is C10H16O3. The second kappa shape index (κ2) is 4.80. The van der Waals surface area contributed by atoms with Crippen LogP contribution in [-0.4, -0.2) is 21.3 Å². The molecule has 0 spiro atoms. The first-order valence-electron chi connectivity index (χ1n) is 4.39. The molecule has 13 heavy (non-hydrogen) atoms. The van der Waals surface area contributed by atoms with Crippen LogP contribution >= 0.6 is 0 Å². The van der Waals surface area contributed by atoms with Gasteiger partial charge in [-0.3, -0.25) is 0 Å². The lowest BCUT2D eigenvalue weighted by atomic mass is 10.2. The summed E-state index contributed by atoms with van der Waals surface area (Å²) in [5.74, 6) is 2.37. The predicted octanol–water partition coefficient (Wildman–Crippen LogP) is 2.21. The van der Waals surface area contributed by atoms with Crippen LogP contribution in [-0.2, 0) is 14.2 Å². The van der Waals surface area contributed by atoms with E-state index in [1.54, 1.807) is 21.3 Å². The van der Waals surface area contributed by atoms with Crippen LogP contribution in [0.1, 0.15) is 19.3 Å². The average Bonchev–Trinajstić information content (AvgIpc) is 2.37. The van der Waals surface area contributed by atoms with Gasteiger partial charge in [-0.1, -0.05) is 0 Å². The molecule has 3 nitrogen and oxygen atoms in total. The molecule has 0 heterocycles. The van der Waals surface area contributed by atoms with Crippen LogP contribution in [0.15, 0.2) is 23.4 Å².